The van der Waals surface area contributed by atoms with Crippen LogP contribution in [0, 0.1) is 5.92 Å². The molecule has 28 heavy (non-hydrogen) atoms. The van der Waals surface area contributed by atoms with Gasteiger partial charge in [-0.05, 0) is 32.6 Å². The number of hydrogen-bond acceptors (Lipinski definition) is 3. The zero-order chi connectivity index (χ0) is 20.9. The van der Waals surface area contributed by atoms with Crippen LogP contribution in [0.1, 0.15) is 117 Å². The predicted molar refractivity (Wildman–Crippen MR) is 116 cm³/mol. The van der Waals surface area contributed by atoms with Crippen LogP contribution in [0.2, 0.25) is 0 Å². The molecule has 0 aliphatic rings. The van der Waals surface area contributed by atoms with E-state index in [-0.39, 0.29) is 12.4 Å². The fourth-order valence-corrected chi connectivity index (χ4v) is 3.38. The molecule has 1 atom stereocenters. The largest absolute Gasteiger partial charge is 0.481 e. The van der Waals surface area contributed by atoms with Crippen molar-refractivity contribution in [1.82, 2.24) is 0 Å². The average Bonchev–Trinajstić information content (AvgIpc) is 2.68. The normalized spacial score (nSPS) is 12.4. The van der Waals surface area contributed by atoms with Gasteiger partial charge in [0.15, 0.2) is 0 Å². The Morgan fingerprint density at radius 3 is 1.82 bits per heavy atom. The molecule has 0 aliphatic carbocycles. The highest BCUT2D eigenvalue weighted by Gasteiger charge is 2.21. The minimum absolute atomic E-state index is 0.00460. The van der Waals surface area contributed by atoms with Gasteiger partial charge in [-0.25, -0.2) is 0 Å². The van der Waals surface area contributed by atoms with Gasteiger partial charge in [-0.3, -0.25) is 9.59 Å². The summed E-state index contributed by atoms with van der Waals surface area (Å²) in [7, 11) is 0. The Morgan fingerprint density at radius 1 is 0.857 bits per heavy atom. The van der Waals surface area contributed by atoms with Crippen LogP contribution in [-0.4, -0.2) is 23.7 Å². The molecule has 0 radical (unpaired) electrons. The maximum absolute atomic E-state index is 11.6. The Balaban J connectivity index is 3.46. The lowest BCUT2D eigenvalue weighted by Gasteiger charge is -2.11. The Labute approximate surface area is 173 Å². The smallest absolute Gasteiger partial charge is 0.307 e. The molecule has 0 heterocycles. The van der Waals surface area contributed by atoms with Crippen molar-refractivity contribution < 1.29 is 19.4 Å². The van der Waals surface area contributed by atoms with E-state index in [4.69, 9.17) is 4.74 Å². The van der Waals surface area contributed by atoms with Crippen molar-refractivity contribution in [2.45, 2.75) is 117 Å². The summed E-state index contributed by atoms with van der Waals surface area (Å²) >= 11 is 0. The maximum Gasteiger partial charge on any atom is 0.307 e. The van der Waals surface area contributed by atoms with E-state index in [1.54, 1.807) is 0 Å². The summed E-state index contributed by atoms with van der Waals surface area (Å²) in [4.78, 5) is 22.9. The molecule has 0 spiro atoms. The van der Waals surface area contributed by atoms with Gasteiger partial charge in [-0.2, -0.15) is 0 Å². The Kier molecular flexibility index (Phi) is 19.5. The van der Waals surface area contributed by atoms with Gasteiger partial charge in [-0.1, -0.05) is 89.7 Å². The number of aliphatic carboxylic acids is 1. The molecule has 0 rings (SSSR count). The molecule has 1 N–H and O–H groups in total. The summed E-state index contributed by atoms with van der Waals surface area (Å²) in [5.41, 5.74) is 0. The summed E-state index contributed by atoms with van der Waals surface area (Å²) in [6, 6.07) is 0. The second-order valence-electron chi connectivity index (χ2n) is 7.85. The van der Waals surface area contributed by atoms with Gasteiger partial charge < -0.3 is 9.84 Å². The second kappa shape index (κ2) is 20.4. The van der Waals surface area contributed by atoms with Gasteiger partial charge in [0.05, 0.1) is 18.9 Å². The fourth-order valence-electron chi connectivity index (χ4n) is 3.38. The molecule has 0 aromatic rings. The molecular weight excluding hydrogens is 352 g/mol. The maximum atomic E-state index is 11.6. The molecule has 0 fully saturated rings. The van der Waals surface area contributed by atoms with Crippen molar-refractivity contribution >= 4 is 11.9 Å². The molecule has 4 heteroatoms. The molecule has 4 nitrogen and oxygen atoms in total. The van der Waals surface area contributed by atoms with Gasteiger partial charge >= 0.3 is 11.9 Å². The first-order valence-corrected chi connectivity index (χ1v) is 11.6. The van der Waals surface area contributed by atoms with Crippen LogP contribution in [0.25, 0.3) is 0 Å². The monoisotopic (exact) mass is 396 g/mol. The van der Waals surface area contributed by atoms with Gasteiger partial charge in [-0.15, -0.1) is 0 Å². The number of ether oxygens (including phenoxy) is 1. The summed E-state index contributed by atoms with van der Waals surface area (Å²) in [5.74, 6) is -1.86. The molecule has 164 valence electrons. The first-order valence-electron chi connectivity index (χ1n) is 11.6. The van der Waals surface area contributed by atoms with E-state index < -0.39 is 11.9 Å². The molecule has 0 bridgehead atoms. The molecule has 0 saturated carbocycles. The van der Waals surface area contributed by atoms with Crippen LogP contribution < -0.4 is 0 Å². The van der Waals surface area contributed by atoms with Crippen LogP contribution >= 0.6 is 0 Å². The highest BCUT2D eigenvalue weighted by atomic mass is 16.5. The van der Waals surface area contributed by atoms with E-state index in [1.165, 1.54) is 64.2 Å². The molecule has 0 aromatic heterocycles. The quantitative estimate of drug-likeness (QED) is 0.136. The Morgan fingerprint density at radius 2 is 1.36 bits per heavy atom. The van der Waals surface area contributed by atoms with Crippen molar-refractivity contribution in [2.24, 2.45) is 5.92 Å². The Hall–Kier alpha value is -1.32. The molecule has 0 aliphatic heterocycles. The van der Waals surface area contributed by atoms with Crippen LogP contribution in [0.3, 0.4) is 0 Å². The number of hydrogen-bond donors (Lipinski definition) is 1. The SMILES string of the molecule is C/C=C/CCCCCCCCCCCCCCC(CC(=O)OCCC)C(=O)O. The van der Waals surface area contributed by atoms with Gasteiger partial charge in [0, 0.05) is 0 Å². The topological polar surface area (TPSA) is 63.6 Å². The van der Waals surface area contributed by atoms with Gasteiger partial charge in [0.1, 0.15) is 0 Å². The van der Waals surface area contributed by atoms with Crippen molar-refractivity contribution in [3.05, 3.63) is 12.2 Å². The first kappa shape index (κ1) is 26.7. The summed E-state index contributed by atoms with van der Waals surface area (Å²) in [6.45, 7) is 4.39. The van der Waals surface area contributed by atoms with Gasteiger partial charge in [0.25, 0.3) is 0 Å². The highest BCUT2D eigenvalue weighted by Crippen LogP contribution is 2.17. The molecule has 0 amide bonds. The van der Waals surface area contributed by atoms with E-state index in [2.05, 4.69) is 19.1 Å². The molecule has 1 unspecified atom stereocenters. The number of carbonyl (C=O) groups is 2. The van der Waals surface area contributed by atoms with E-state index in [9.17, 15) is 14.7 Å². The van der Waals surface area contributed by atoms with Crippen LogP contribution in [0.4, 0.5) is 0 Å². The van der Waals surface area contributed by atoms with E-state index >= 15 is 0 Å². The first-order chi connectivity index (χ1) is 13.6. The third-order valence-corrected chi connectivity index (χ3v) is 5.14. The van der Waals surface area contributed by atoms with Crippen molar-refractivity contribution in [3.8, 4) is 0 Å². The van der Waals surface area contributed by atoms with Crippen molar-refractivity contribution in [3.63, 3.8) is 0 Å². The number of carbonyl (C=O) groups excluding carboxylic acids is 1. The summed E-state index contributed by atoms with van der Waals surface area (Å²) in [5, 5.41) is 9.25. The van der Waals surface area contributed by atoms with Gasteiger partial charge in [0.2, 0.25) is 0 Å². The average molecular weight is 397 g/mol. The number of rotatable bonds is 20. The fraction of sp³-hybridized carbons (Fsp3) is 0.833. The van der Waals surface area contributed by atoms with E-state index in [0.717, 1.165) is 25.7 Å². The summed E-state index contributed by atoms with van der Waals surface area (Å²) in [6.07, 6.45) is 22.0. The van der Waals surface area contributed by atoms with Crippen LogP contribution in [-0.2, 0) is 14.3 Å². The number of carboxylic acids is 1. The zero-order valence-electron chi connectivity index (χ0n) is 18.4. The number of unbranched alkanes of at least 4 members (excludes halogenated alkanes) is 12. The van der Waals surface area contributed by atoms with Crippen LogP contribution in [0.15, 0.2) is 12.2 Å². The zero-order valence-corrected chi connectivity index (χ0v) is 18.4. The third kappa shape index (κ3) is 18.1. The standard InChI is InChI=1S/C24H44O4/c1-3-5-6-7-8-9-10-11-12-13-14-15-16-17-18-19-22(24(26)27)21-23(25)28-20-4-2/h3,5,22H,4,6-21H2,1-2H3,(H,26,27)/b5-3+. The minimum Gasteiger partial charge on any atom is -0.481 e. The summed E-state index contributed by atoms with van der Waals surface area (Å²) < 4.78 is 5.00. The molecular formula is C24H44O4. The lowest BCUT2D eigenvalue weighted by Crippen LogP contribution is -2.19. The predicted octanol–water partition coefficient (Wildman–Crippen LogP) is 7.07. The van der Waals surface area contributed by atoms with Crippen molar-refractivity contribution in [2.75, 3.05) is 6.61 Å². The highest BCUT2D eigenvalue weighted by molar-refractivity contribution is 5.78. The second-order valence-corrected chi connectivity index (χ2v) is 7.85. The Bertz CT molecular complexity index is 403. The number of allylic oxidation sites excluding steroid dienone is 2. The van der Waals surface area contributed by atoms with E-state index in [0.29, 0.717) is 13.0 Å². The van der Waals surface area contributed by atoms with Crippen LogP contribution in [0.5, 0.6) is 0 Å². The minimum atomic E-state index is -0.879. The molecule has 0 saturated heterocycles. The van der Waals surface area contributed by atoms with Crippen molar-refractivity contribution in [1.29, 1.82) is 0 Å². The number of carboxylic acid groups (broad SMARTS) is 1. The molecule has 0 aromatic carbocycles. The van der Waals surface area contributed by atoms with E-state index in [1.807, 2.05) is 6.92 Å². The lowest BCUT2D eigenvalue weighted by atomic mass is 9.97. The third-order valence-electron chi connectivity index (χ3n) is 5.14. The lowest BCUT2D eigenvalue weighted by molar-refractivity contribution is -0.151. The number of esters is 1.